The maximum absolute atomic E-state index is 14.0. The van der Waals surface area contributed by atoms with Gasteiger partial charge in [0.2, 0.25) is 10.0 Å². The summed E-state index contributed by atoms with van der Waals surface area (Å²) in [5.41, 5.74) is 6.09. The van der Waals surface area contributed by atoms with Gasteiger partial charge in [-0.2, -0.15) is 0 Å². The average molecular weight is 450 g/mol. The zero-order valence-electron chi connectivity index (χ0n) is 17.4. The van der Waals surface area contributed by atoms with Crippen molar-refractivity contribution in [3.8, 4) is 5.75 Å². The van der Waals surface area contributed by atoms with Crippen LogP contribution in [0.15, 0.2) is 53.9 Å². The molecular weight excluding hydrogens is 425 g/mol. The molecule has 0 heterocycles. The van der Waals surface area contributed by atoms with Gasteiger partial charge >= 0.3 is 0 Å². The number of benzene rings is 2. The first-order chi connectivity index (χ1) is 14.6. The van der Waals surface area contributed by atoms with Crippen molar-refractivity contribution in [3.05, 3.63) is 71.6 Å². The molecule has 3 N–H and O–H groups in total. The second-order valence-electron chi connectivity index (χ2n) is 6.69. The fraction of sp³-hybridized carbons (Fsp3) is 0.238. The summed E-state index contributed by atoms with van der Waals surface area (Å²) in [6.07, 6.45) is 0.372. The minimum atomic E-state index is -4.18. The molecule has 2 rings (SSSR count). The van der Waals surface area contributed by atoms with Crippen LogP contribution >= 0.6 is 0 Å². The van der Waals surface area contributed by atoms with Gasteiger partial charge in [-0.3, -0.25) is 20.4 Å². The van der Waals surface area contributed by atoms with Gasteiger partial charge in [0.05, 0.1) is 0 Å². The van der Waals surface area contributed by atoms with Crippen molar-refractivity contribution in [1.82, 2.24) is 15.6 Å². The third-order valence-electron chi connectivity index (χ3n) is 4.43. The average Bonchev–Trinajstić information content (AvgIpc) is 2.73. The van der Waals surface area contributed by atoms with E-state index in [0.29, 0.717) is 5.75 Å². The second kappa shape index (κ2) is 10.2. The normalized spacial score (nSPS) is 12.0. The van der Waals surface area contributed by atoms with Gasteiger partial charge in [0.1, 0.15) is 16.5 Å². The number of hydrogen-bond acceptors (Lipinski definition) is 5. The van der Waals surface area contributed by atoms with Crippen LogP contribution in [0, 0.1) is 19.7 Å². The third kappa shape index (κ3) is 6.12. The van der Waals surface area contributed by atoms with E-state index in [2.05, 4.69) is 22.2 Å². The largest absolute Gasteiger partial charge is 0.481 e. The van der Waals surface area contributed by atoms with Gasteiger partial charge in [-0.05, 0) is 56.2 Å². The van der Waals surface area contributed by atoms with E-state index >= 15 is 0 Å². The number of hydrazine groups is 1. The lowest BCUT2D eigenvalue weighted by Gasteiger charge is -2.17. The van der Waals surface area contributed by atoms with Crippen LogP contribution in [-0.2, 0) is 14.8 Å². The number of amides is 2. The first kappa shape index (κ1) is 24.0. The summed E-state index contributed by atoms with van der Waals surface area (Å²) in [7, 11) is -4.18. The fourth-order valence-corrected chi connectivity index (χ4v) is 3.58. The van der Waals surface area contributed by atoms with E-state index in [4.69, 9.17) is 4.74 Å². The van der Waals surface area contributed by atoms with E-state index in [1.165, 1.54) is 13.0 Å². The summed E-state index contributed by atoms with van der Waals surface area (Å²) >= 11 is 0. The van der Waals surface area contributed by atoms with Crippen LogP contribution in [0.1, 0.15) is 28.4 Å². The Kier molecular flexibility index (Phi) is 7.89. The molecule has 2 aromatic rings. The third-order valence-corrected chi connectivity index (χ3v) is 5.87. The number of carbonyl (C=O) groups excluding carboxylic acids is 2. The Hall–Kier alpha value is -3.24. The maximum atomic E-state index is 14.0. The zero-order valence-corrected chi connectivity index (χ0v) is 18.2. The summed E-state index contributed by atoms with van der Waals surface area (Å²) in [6.45, 7) is 8.56. The Morgan fingerprint density at radius 3 is 2.58 bits per heavy atom. The Bertz CT molecular complexity index is 1100. The molecule has 1 atom stereocenters. The zero-order chi connectivity index (χ0) is 23.2. The molecule has 0 aliphatic rings. The van der Waals surface area contributed by atoms with E-state index in [0.717, 1.165) is 29.3 Å². The van der Waals surface area contributed by atoms with Crippen molar-refractivity contribution < 1.29 is 27.1 Å². The number of sulfonamides is 1. The molecule has 0 spiro atoms. The second-order valence-corrected chi connectivity index (χ2v) is 8.42. The molecule has 8 nitrogen and oxygen atoms in total. The molecule has 0 radical (unpaired) electrons. The van der Waals surface area contributed by atoms with Crippen molar-refractivity contribution >= 4 is 21.8 Å². The Morgan fingerprint density at radius 1 is 1.19 bits per heavy atom. The quantitative estimate of drug-likeness (QED) is 0.422. The van der Waals surface area contributed by atoms with Crippen LogP contribution in [0.3, 0.4) is 0 Å². The maximum Gasteiger partial charge on any atom is 0.279 e. The number of aryl methyl sites for hydroxylation is 1. The van der Waals surface area contributed by atoms with E-state index in [-0.39, 0.29) is 12.1 Å². The molecule has 2 aromatic carbocycles. The number of nitrogens with one attached hydrogen (secondary N) is 3. The van der Waals surface area contributed by atoms with E-state index < -0.39 is 38.7 Å². The summed E-state index contributed by atoms with van der Waals surface area (Å²) in [5.74, 6) is -1.94. The molecule has 0 aromatic heterocycles. The molecule has 0 fully saturated rings. The molecule has 0 aliphatic carbocycles. The SMILES string of the molecule is C=CCNS(=O)(=O)c1cc(C(=O)NNC(=O)C(C)Oc2cccc(C)c2C)ccc1F. The molecule has 31 heavy (non-hydrogen) atoms. The Balaban J connectivity index is 2.05. The summed E-state index contributed by atoms with van der Waals surface area (Å²) < 4.78 is 46.0. The fourth-order valence-electron chi connectivity index (χ4n) is 2.48. The molecular formula is C21H24FN3O5S. The lowest BCUT2D eigenvalue weighted by molar-refractivity contribution is -0.128. The van der Waals surface area contributed by atoms with Crippen molar-refractivity contribution in [2.24, 2.45) is 0 Å². The van der Waals surface area contributed by atoms with Gasteiger partial charge in [-0.25, -0.2) is 17.5 Å². The van der Waals surface area contributed by atoms with Crippen LogP contribution in [0.5, 0.6) is 5.75 Å². The highest BCUT2D eigenvalue weighted by atomic mass is 32.2. The van der Waals surface area contributed by atoms with Gasteiger partial charge in [-0.15, -0.1) is 6.58 Å². The summed E-state index contributed by atoms with van der Waals surface area (Å²) in [4.78, 5) is 23.9. The van der Waals surface area contributed by atoms with Gasteiger partial charge in [0.15, 0.2) is 6.10 Å². The van der Waals surface area contributed by atoms with E-state index in [1.807, 2.05) is 19.9 Å². The molecule has 0 saturated carbocycles. The molecule has 0 saturated heterocycles. The van der Waals surface area contributed by atoms with Gasteiger partial charge < -0.3 is 4.74 Å². The first-order valence-electron chi connectivity index (χ1n) is 9.30. The van der Waals surface area contributed by atoms with Crippen LogP contribution < -0.4 is 20.3 Å². The van der Waals surface area contributed by atoms with Crippen molar-refractivity contribution in [2.75, 3.05) is 6.54 Å². The number of halogens is 1. The molecule has 2 amide bonds. The number of hydrogen-bond donors (Lipinski definition) is 3. The molecule has 10 heteroatoms. The topological polar surface area (TPSA) is 114 Å². The van der Waals surface area contributed by atoms with E-state index in [1.54, 1.807) is 12.1 Å². The highest BCUT2D eigenvalue weighted by Gasteiger charge is 2.22. The molecule has 0 aliphatic heterocycles. The van der Waals surface area contributed by atoms with Gasteiger partial charge in [0, 0.05) is 12.1 Å². The highest BCUT2D eigenvalue weighted by Crippen LogP contribution is 2.21. The predicted octanol–water partition coefficient (Wildman–Crippen LogP) is 2.14. The molecule has 166 valence electrons. The summed E-state index contributed by atoms with van der Waals surface area (Å²) in [6, 6.07) is 8.26. The number of carbonyl (C=O) groups is 2. The van der Waals surface area contributed by atoms with Crippen molar-refractivity contribution in [1.29, 1.82) is 0 Å². The monoisotopic (exact) mass is 449 g/mol. The van der Waals surface area contributed by atoms with Gasteiger partial charge in [-0.1, -0.05) is 18.2 Å². The lowest BCUT2D eigenvalue weighted by atomic mass is 10.1. The van der Waals surface area contributed by atoms with Crippen molar-refractivity contribution in [2.45, 2.75) is 31.8 Å². The highest BCUT2D eigenvalue weighted by molar-refractivity contribution is 7.89. The Morgan fingerprint density at radius 2 is 1.90 bits per heavy atom. The molecule has 1 unspecified atom stereocenters. The number of rotatable bonds is 8. The van der Waals surface area contributed by atoms with Crippen LogP contribution in [0.25, 0.3) is 0 Å². The van der Waals surface area contributed by atoms with Crippen molar-refractivity contribution in [3.63, 3.8) is 0 Å². The lowest BCUT2D eigenvalue weighted by Crippen LogP contribution is -2.47. The van der Waals surface area contributed by atoms with Gasteiger partial charge in [0.25, 0.3) is 11.8 Å². The smallest absolute Gasteiger partial charge is 0.279 e. The Labute approximate surface area is 180 Å². The first-order valence-corrected chi connectivity index (χ1v) is 10.8. The standard InChI is InChI=1S/C21H24FN3O5S/c1-5-11-23-31(28,29)19-12-16(9-10-17(19)22)21(27)25-24-20(26)15(4)30-18-8-6-7-13(2)14(18)3/h5-10,12,15,23H,1,11H2,2-4H3,(H,24,26)(H,25,27). The predicted molar refractivity (Wildman–Crippen MR) is 113 cm³/mol. The molecule has 0 bridgehead atoms. The minimum Gasteiger partial charge on any atom is -0.481 e. The van der Waals surface area contributed by atoms with Crippen LogP contribution in [0.2, 0.25) is 0 Å². The van der Waals surface area contributed by atoms with Crippen LogP contribution in [-0.4, -0.2) is 32.9 Å². The summed E-state index contributed by atoms with van der Waals surface area (Å²) in [5, 5.41) is 0. The van der Waals surface area contributed by atoms with Crippen LogP contribution in [0.4, 0.5) is 4.39 Å². The van der Waals surface area contributed by atoms with E-state index in [9.17, 15) is 22.4 Å². The minimum absolute atomic E-state index is 0.105. The number of ether oxygens (including phenoxy) is 1.